The average molecular weight is 488 g/mol. The molecular formula is C18H19Cl2N5O5S. The molecule has 166 valence electrons. The zero-order chi connectivity index (χ0) is 22.4. The Morgan fingerprint density at radius 1 is 1.29 bits per heavy atom. The van der Waals surface area contributed by atoms with E-state index < -0.39 is 11.9 Å². The third kappa shape index (κ3) is 4.10. The molecule has 4 N–H and O–H groups in total. The lowest BCUT2D eigenvalue weighted by molar-refractivity contribution is -0.130. The fraction of sp³-hybridized carbons (Fsp3) is 0.444. The topological polar surface area (TPSA) is 137 Å². The number of hydroxylamine groups is 1. The highest BCUT2D eigenvalue weighted by molar-refractivity contribution is 7.17. The van der Waals surface area contributed by atoms with Crippen molar-refractivity contribution in [2.24, 2.45) is 11.8 Å². The van der Waals surface area contributed by atoms with E-state index in [4.69, 9.17) is 23.2 Å². The maximum Gasteiger partial charge on any atom is 0.347 e. The van der Waals surface area contributed by atoms with Gasteiger partial charge in [-0.1, -0.05) is 34.5 Å². The van der Waals surface area contributed by atoms with E-state index in [-0.39, 0.29) is 51.5 Å². The van der Waals surface area contributed by atoms with Gasteiger partial charge in [-0.25, -0.2) is 15.3 Å². The van der Waals surface area contributed by atoms with E-state index >= 15 is 0 Å². The van der Waals surface area contributed by atoms with Crippen molar-refractivity contribution in [3.05, 3.63) is 32.0 Å². The molecule has 1 saturated carbocycles. The number of rotatable bonds is 7. The van der Waals surface area contributed by atoms with Crippen molar-refractivity contribution in [2.45, 2.75) is 19.4 Å². The van der Waals surface area contributed by atoms with Gasteiger partial charge in [0.05, 0.1) is 29.3 Å². The number of amides is 2. The van der Waals surface area contributed by atoms with Gasteiger partial charge in [0.1, 0.15) is 10.6 Å². The number of hydrogen-bond donors (Lipinski definition) is 4. The number of piperidine rings is 1. The Morgan fingerprint density at radius 2 is 1.97 bits per heavy atom. The number of aromatic nitrogens is 2. The molecule has 2 aromatic rings. The lowest BCUT2D eigenvalue weighted by atomic mass is 10.2. The molecule has 2 fully saturated rings. The van der Waals surface area contributed by atoms with Crippen LogP contribution in [0.5, 0.6) is 0 Å². The number of thiazole rings is 1. The molecule has 3 atom stereocenters. The highest BCUT2D eigenvalue weighted by atomic mass is 35.5. The molecule has 0 spiro atoms. The molecule has 0 bridgehead atoms. The van der Waals surface area contributed by atoms with Crippen LogP contribution in [-0.2, 0) is 16.1 Å². The van der Waals surface area contributed by atoms with Crippen LogP contribution in [0, 0.1) is 18.8 Å². The maximum absolute atomic E-state index is 12.5. The zero-order valence-electron chi connectivity index (χ0n) is 16.5. The normalized spacial score (nSPS) is 21.7. The van der Waals surface area contributed by atoms with Crippen molar-refractivity contribution in [1.82, 2.24) is 20.8 Å². The highest BCUT2D eigenvalue weighted by Gasteiger charge is 2.57. The fourth-order valence-electron chi connectivity index (χ4n) is 3.91. The standard InChI is InChI=1S/C18H19Cl2N5O5S/c1-6-11(19)12(20)14(21-6)16(27)23-13-7-4-25(5-8(7)13)18-22-9(3-10(26)24-30-2)15(31-18)17(28)29/h7-8,13,21H,3-5H2,1-2H3,(H,23,27)(H,24,26)(H,28,29)/t7-,8+,13-. The monoisotopic (exact) mass is 487 g/mol. The third-order valence-electron chi connectivity index (χ3n) is 5.47. The molecule has 31 heavy (non-hydrogen) atoms. The van der Waals surface area contributed by atoms with Crippen LogP contribution in [0.1, 0.15) is 31.5 Å². The quantitative estimate of drug-likeness (QED) is 0.437. The van der Waals surface area contributed by atoms with E-state index in [1.54, 1.807) is 6.92 Å². The van der Waals surface area contributed by atoms with Crippen LogP contribution in [0.2, 0.25) is 10.0 Å². The molecule has 1 saturated heterocycles. The van der Waals surface area contributed by atoms with Crippen molar-refractivity contribution in [3.63, 3.8) is 0 Å². The Hall–Kier alpha value is -2.34. The third-order valence-corrected chi connectivity index (χ3v) is 7.56. The first-order valence-electron chi connectivity index (χ1n) is 9.35. The minimum Gasteiger partial charge on any atom is -0.477 e. The van der Waals surface area contributed by atoms with Gasteiger partial charge in [-0.3, -0.25) is 14.4 Å². The summed E-state index contributed by atoms with van der Waals surface area (Å²) in [6.07, 6.45) is -0.190. The molecule has 0 unspecified atom stereocenters. The largest absolute Gasteiger partial charge is 0.477 e. The van der Waals surface area contributed by atoms with E-state index in [1.807, 2.05) is 4.90 Å². The SMILES string of the molecule is CONC(=O)Cc1nc(N2C[C@@H]3[C@H](C2)[C@@H]3NC(=O)c2[nH]c(C)c(Cl)c2Cl)sc1C(=O)O. The second-order valence-electron chi connectivity index (χ2n) is 7.47. The molecule has 3 heterocycles. The number of nitrogens with one attached hydrogen (secondary N) is 3. The van der Waals surface area contributed by atoms with E-state index in [2.05, 4.69) is 25.6 Å². The van der Waals surface area contributed by atoms with Gasteiger partial charge in [-0.2, -0.15) is 0 Å². The predicted molar refractivity (Wildman–Crippen MR) is 114 cm³/mol. The van der Waals surface area contributed by atoms with E-state index in [0.717, 1.165) is 11.3 Å². The lowest BCUT2D eigenvalue weighted by Crippen LogP contribution is -2.34. The predicted octanol–water partition coefficient (Wildman–Crippen LogP) is 1.87. The van der Waals surface area contributed by atoms with Crippen molar-refractivity contribution in [1.29, 1.82) is 0 Å². The zero-order valence-corrected chi connectivity index (χ0v) is 18.8. The number of hydrogen-bond acceptors (Lipinski definition) is 7. The molecule has 0 aromatic carbocycles. The average Bonchev–Trinajstić information content (AvgIpc) is 3.09. The maximum atomic E-state index is 12.5. The minimum atomic E-state index is -1.13. The lowest BCUT2D eigenvalue weighted by Gasteiger charge is -2.19. The van der Waals surface area contributed by atoms with Crippen LogP contribution in [0.25, 0.3) is 0 Å². The van der Waals surface area contributed by atoms with Gasteiger partial charge >= 0.3 is 5.97 Å². The first kappa shape index (κ1) is 21.9. The van der Waals surface area contributed by atoms with Crippen LogP contribution in [0.4, 0.5) is 5.13 Å². The number of H-pyrrole nitrogens is 1. The number of nitrogens with zero attached hydrogens (tertiary/aromatic N) is 2. The van der Waals surface area contributed by atoms with Gasteiger partial charge in [0, 0.05) is 36.7 Å². The number of halogens is 2. The summed E-state index contributed by atoms with van der Waals surface area (Å²) in [5, 5.41) is 13.5. The van der Waals surface area contributed by atoms with Crippen LogP contribution in [-0.4, -0.2) is 59.1 Å². The number of anilines is 1. The second-order valence-corrected chi connectivity index (χ2v) is 9.20. The first-order valence-corrected chi connectivity index (χ1v) is 10.9. The van der Waals surface area contributed by atoms with E-state index in [0.29, 0.717) is 28.9 Å². The number of carbonyl (C=O) groups is 3. The van der Waals surface area contributed by atoms with Gasteiger partial charge in [-0.05, 0) is 6.92 Å². The Bertz CT molecular complexity index is 1060. The molecule has 2 amide bonds. The number of carboxylic acids is 1. The Balaban J connectivity index is 1.39. The molecule has 1 aliphatic carbocycles. The Kier molecular flexibility index (Phi) is 5.86. The number of aromatic amines is 1. The van der Waals surface area contributed by atoms with Crippen molar-refractivity contribution >= 4 is 57.5 Å². The van der Waals surface area contributed by atoms with Gasteiger partial charge < -0.3 is 20.3 Å². The van der Waals surface area contributed by atoms with E-state index in [1.165, 1.54) is 7.11 Å². The van der Waals surface area contributed by atoms with Gasteiger partial charge in [0.2, 0.25) is 5.91 Å². The number of aryl methyl sites for hydroxylation is 1. The molecule has 0 radical (unpaired) electrons. The summed E-state index contributed by atoms with van der Waals surface area (Å²) >= 11 is 13.2. The van der Waals surface area contributed by atoms with Crippen LogP contribution in [0.15, 0.2) is 0 Å². The Morgan fingerprint density at radius 3 is 2.52 bits per heavy atom. The second kappa shape index (κ2) is 8.30. The summed E-state index contributed by atoms with van der Waals surface area (Å²) in [6.45, 7) is 3.00. The first-order chi connectivity index (χ1) is 14.7. The summed E-state index contributed by atoms with van der Waals surface area (Å²) in [7, 11) is 1.30. The molecule has 4 rings (SSSR count). The number of carboxylic acid groups (broad SMARTS) is 1. The van der Waals surface area contributed by atoms with Crippen molar-refractivity contribution in [2.75, 3.05) is 25.1 Å². The van der Waals surface area contributed by atoms with Gasteiger partial charge in [0.25, 0.3) is 5.91 Å². The Labute approximate surface area is 190 Å². The number of fused-ring (bicyclic) bond motifs is 1. The van der Waals surface area contributed by atoms with Crippen LogP contribution in [0.3, 0.4) is 0 Å². The fourth-order valence-corrected chi connectivity index (χ4v) is 5.27. The molecule has 2 aromatic heterocycles. The molecular weight excluding hydrogens is 469 g/mol. The minimum absolute atomic E-state index is 0.00746. The summed E-state index contributed by atoms with van der Waals surface area (Å²) in [4.78, 5) is 49.6. The number of carbonyl (C=O) groups excluding carboxylic acids is 2. The van der Waals surface area contributed by atoms with Gasteiger partial charge in [0.15, 0.2) is 5.13 Å². The molecule has 13 heteroatoms. The van der Waals surface area contributed by atoms with Crippen LogP contribution >= 0.6 is 34.5 Å². The molecule has 10 nitrogen and oxygen atoms in total. The van der Waals surface area contributed by atoms with E-state index in [9.17, 15) is 19.5 Å². The van der Waals surface area contributed by atoms with Crippen molar-refractivity contribution in [3.8, 4) is 0 Å². The number of aromatic carboxylic acids is 1. The molecule has 2 aliphatic rings. The van der Waals surface area contributed by atoms with Crippen molar-refractivity contribution < 1.29 is 24.3 Å². The summed E-state index contributed by atoms with van der Waals surface area (Å²) < 4.78 is 0. The van der Waals surface area contributed by atoms with Gasteiger partial charge in [-0.15, -0.1) is 0 Å². The molecule has 1 aliphatic heterocycles. The summed E-state index contributed by atoms with van der Waals surface area (Å²) in [6, 6.07) is 0.00746. The smallest absolute Gasteiger partial charge is 0.347 e. The summed E-state index contributed by atoms with van der Waals surface area (Å²) in [5.41, 5.74) is 3.23. The van der Waals surface area contributed by atoms with Crippen LogP contribution < -0.4 is 15.7 Å². The highest BCUT2D eigenvalue weighted by Crippen LogP contribution is 2.48. The summed E-state index contributed by atoms with van der Waals surface area (Å²) in [5.74, 6) is -1.46.